The van der Waals surface area contributed by atoms with Gasteiger partial charge in [0.2, 0.25) is 5.91 Å². The van der Waals surface area contributed by atoms with E-state index in [0.717, 1.165) is 12.0 Å². The Kier molecular flexibility index (Phi) is 5.49. The summed E-state index contributed by atoms with van der Waals surface area (Å²) in [6.07, 6.45) is -0.400. The molecule has 0 aliphatic rings. The molecule has 2 unspecified atom stereocenters. The van der Waals surface area contributed by atoms with Crippen LogP contribution in [0.4, 0.5) is 0 Å². The molecule has 4 N–H and O–H groups in total. The highest BCUT2D eigenvalue weighted by Gasteiger charge is 2.16. The first kappa shape index (κ1) is 15.2. The summed E-state index contributed by atoms with van der Waals surface area (Å²) in [5, 5.41) is 12.8. The zero-order chi connectivity index (χ0) is 15.1. The van der Waals surface area contributed by atoms with Crippen LogP contribution in [-0.2, 0) is 11.2 Å². The maximum atomic E-state index is 10.9. The molecular weight excluding hydrogens is 264 g/mol. The third-order valence-corrected chi connectivity index (χ3v) is 3.37. The number of primary amides is 1. The van der Waals surface area contributed by atoms with Gasteiger partial charge in [0.05, 0.1) is 0 Å². The number of carbonyl (C=O) groups excluding carboxylic acids is 1. The summed E-state index contributed by atoms with van der Waals surface area (Å²) >= 11 is 0. The first-order valence-corrected chi connectivity index (χ1v) is 6.96. The van der Waals surface area contributed by atoms with Crippen molar-refractivity contribution in [3.8, 4) is 0 Å². The van der Waals surface area contributed by atoms with Crippen molar-refractivity contribution in [1.29, 1.82) is 0 Å². The number of hydrogen-bond donors (Lipinski definition) is 3. The number of amides is 1. The van der Waals surface area contributed by atoms with Crippen LogP contribution >= 0.6 is 0 Å². The van der Waals surface area contributed by atoms with E-state index in [2.05, 4.69) is 17.4 Å². The first-order chi connectivity index (χ1) is 10.2. The van der Waals surface area contributed by atoms with E-state index in [1.54, 1.807) is 0 Å². The minimum Gasteiger partial charge on any atom is -0.382 e. The minimum atomic E-state index is -1.17. The number of benzene rings is 2. The molecule has 2 rings (SSSR count). The van der Waals surface area contributed by atoms with E-state index in [1.165, 1.54) is 5.56 Å². The zero-order valence-corrected chi connectivity index (χ0v) is 11.8. The predicted molar refractivity (Wildman–Crippen MR) is 82.5 cm³/mol. The summed E-state index contributed by atoms with van der Waals surface area (Å²) in [4.78, 5) is 10.9. The van der Waals surface area contributed by atoms with E-state index in [1.807, 2.05) is 48.5 Å². The maximum Gasteiger partial charge on any atom is 0.247 e. The molecule has 0 aromatic heterocycles. The second-order valence-corrected chi connectivity index (χ2v) is 4.98. The molecule has 0 radical (unpaired) electrons. The first-order valence-electron chi connectivity index (χ1n) is 6.96. The molecule has 0 aliphatic carbocycles. The molecule has 4 nitrogen and oxygen atoms in total. The van der Waals surface area contributed by atoms with Crippen LogP contribution in [0.1, 0.15) is 17.2 Å². The number of aliphatic hydroxyl groups is 1. The normalized spacial score (nSPS) is 13.6. The van der Waals surface area contributed by atoms with Crippen LogP contribution in [0.5, 0.6) is 0 Å². The quantitative estimate of drug-likeness (QED) is 0.719. The van der Waals surface area contributed by atoms with Crippen molar-refractivity contribution in [2.75, 3.05) is 6.54 Å². The molecule has 2 atom stereocenters. The molecule has 0 fully saturated rings. The molecule has 110 valence electrons. The Labute approximate surface area is 124 Å². The number of rotatable bonds is 7. The van der Waals surface area contributed by atoms with Gasteiger partial charge in [-0.1, -0.05) is 60.7 Å². The predicted octanol–water partition coefficient (Wildman–Crippen LogP) is 1.41. The van der Waals surface area contributed by atoms with Gasteiger partial charge < -0.3 is 16.2 Å². The molecule has 0 bridgehead atoms. The summed E-state index contributed by atoms with van der Waals surface area (Å²) in [7, 11) is 0. The minimum absolute atomic E-state index is 0.0163. The van der Waals surface area contributed by atoms with Gasteiger partial charge in [0.15, 0.2) is 0 Å². The SMILES string of the molecule is NC(=O)C(O)CNC(Cc1ccccc1)c1ccccc1. The lowest BCUT2D eigenvalue weighted by Gasteiger charge is -2.20. The van der Waals surface area contributed by atoms with Gasteiger partial charge in [-0.15, -0.1) is 0 Å². The molecule has 0 saturated heterocycles. The van der Waals surface area contributed by atoms with E-state index < -0.39 is 12.0 Å². The lowest BCUT2D eigenvalue weighted by atomic mass is 9.98. The van der Waals surface area contributed by atoms with Gasteiger partial charge in [0, 0.05) is 12.6 Å². The fraction of sp³-hybridized carbons (Fsp3) is 0.235. The van der Waals surface area contributed by atoms with Gasteiger partial charge in [-0.3, -0.25) is 4.79 Å². The molecule has 0 heterocycles. The second kappa shape index (κ2) is 7.57. The third kappa shape index (κ3) is 4.70. The third-order valence-electron chi connectivity index (χ3n) is 3.37. The van der Waals surface area contributed by atoms with E-state index in [0.29, 0.717) is 0 Å². The van der Waals surface area contributed by atoms with Crippen molar-refractivity contribution >= 4 is 5.91 Å². The highest BCUT2D eigenvalue weighted by atomic mass is 16.3. The van der Waals surface area contributed by atoms with Gasteiger partial charge in [-0.25, -0.2) is 0 Å². The van der Waals surface area contributed by atoms with Gasteiger partial charge in [-0.2, -0.15) is 0 Å². The number of nitrogens with one attached hydrogen (secondary N) is 1. The zero-order valence-electron chi connectivity index (χ0n) is 11.8. The number of carbonyl (C=O) groups is 1. The maximum absolute atomic E-state index is 10.9. The van der Waals surface area contributed by atoms with E-state index in [9.17, 15) is 9.90 Å². The van der Waals surface area contributed by atoms with Crippen molar-refractivity contribution in [2.45, 2.75) is 18.6 Å². The molecule has 0 saturated carbocycles. The van der Waals surface area contributed by atoms with Crippen LogP contribution in [0.25, 0.3) is 0 Å². The van der Waals surface area contributed by atoms with E-state index >= 15 is 0 Å². The topological polar surface area (TPSA) is 75.4 Å². The number of nitrogens with two attached hydrogens (primary N) is 1. The van der Waals surface area contributed by atoms with Gasteiger partial charge in [-0.05, 0) is 17.5 Å². The number of aliphatic hydroxyl groups excluding tert-OH is 1. The van der Waals surface area contributed by atoms with E-state index in [4.69, 9.17) is 5.73 Å². The Morgan fingerprint density at radius 2 is 1.62 bits per heavy atom. The highest BCUT2D eigenvalue weighted by molar-refractivity contribution is 5.78. The Bertz CT molecular complexity index is 558. The average Bonchev–Trinajstić information content (AvgIpc) is 2.52. The summed E-state index contributed by atoms with van der Waals surface area (Å²) in [5.74, 6) is -0.714. The molecule has 1 amide bonds. The summed E-state index contributed by atoms with van der Waals surface area (Å²) < 4.78 is 0. The van der Waals surface area contributed by atoms with Crippen molar-refractivity contribution < 1.29 is 9.90 Å². The summed E-state index contributed by atoms with van der Waals surface area (Å²) in [5.41, 5.74) is 7.38. The number of hydrogen-bond acceptors (Lipinski definition) is 3. The monoisotopic (exact) mass is 284 g/mol. The van der Waals surface area contributed by atoms with Crippen molar-refractivity contribution in [2.24, 2.45) is 5.73 Å². The lowest BCUT2D eigenvalue weighted by Crippen LogP contribution is -2.39. The molecule has 0 aliphatic heterocycles. The smallest absolute Gasteiger partial charge is 0.247 e. The average molecular weight is 284 g/mol. The van der Waals surface area contributed by atoms with Crippen molar-refractivity contribution in [3.63, 3.8) is 0 Å². The van der Waals surface area contributed by atoms with Gasteiger partial charge in [0.25, 0.3) is 0 Å². The lowest BCUT2D eigenvalue weighted by molar-refractivity contribution is -0.125. The molecular formula is C17H20N2O2. The van der Waals surface area contributed by atoms with Crippen LogP contribution in [0.3, 0.4) is 0 Å². The van der Waals surface area contributed by atoms with Crippen molar-refractivity contribution in [3.05, 3.63) is 71.8 Å². The molecule has 2 aromatic carbocycles. The molecule has 4 heteroatoms. The summed E-state index contributed by atoms with van der Waals surface area (Å²) in [6.45, 7) is 0.141. The molecule has 2 aromatic rings. The van der Waals surface area contributed by atoms with Gasteiger partial charge in [0.1, 0.15) is 6.10 Å². The fourth-order valence-corrected chi connectivity index (χ4v) is 2.20. The Morgan fingerprint density at radius 1 is 1.05 bits per heavy atom. The summed E-state index contributed by atoms with van der Waals surface area (Å²) in [6, 6.07) is 20.1. The Hall–Kier alpha value is -2.17. The molecule has 21 heavy (non-hydrogen) atoms. The largest absolute Gasteiger partial charge is 0.382 e. The highest BCUT2D eigenvalue weighted by Crippen LogP contribution is 2.18. The van der Waals surface area contributed by atoms with Crippen LogP contribution in [0.2, 0.25) is 0 Å². The van der Waals surface area contributed by atoms with Crippen molar-refractivity contribution in [1.82, 2.24) is 5.32 Å². The standard InChI is InChI=1S/C17H20N2O2/c18-17(21)16(20)12-19-15(14-9-5-2-6-10-14)11-13-7-3-1-4-8-13/h1-10,15-16,19-20H,11-12H2,(H2,18,21). The van der Waals surface area contributed by atoms with Crippen LogP contribution < -0.4 is 11.1 Å². The fourth-order valence-electron chi connectivity index (χ4n) is 2.20. The second-order valence-electron chi connectivity index (χ2n) is 4.98. The Morgan fingerprint density at radius 3 is 2.19 bits per heavy atom. The van der Waals surface area contributed by atoms with Gasteiger partial charge >= 0.3 is 0 Å². The van der Waals surface area contributed by atoms with Crippen LogP contribution in [0.15, 0.2) is 60.7 Å². The molecule has 0 spiro atoms. The van der Waals surface area contributed by atoms with Crippen LogP contribution in [-0.4, -0.2) is 23.7 Å². The van der Waals surface area contributed by atoms with Crippen LogP contribution in [0, 0.1) is 0 Å². The van der Waals surface area contributed by atoms with E-state index in [-0.39, 0.29) is 12.6 Å². The Balaban J connectivity index is 2.09.